The maximum absolute atomic E-state index is 12.6. The molecule has 3 atom stereocenters. The summed E-state index contributed by atoms with van der Waals surface area (Å²) in [5.41, 5.74) is 0. The Balaban J connectivity index is 2.23. The molecule has 0 aromatic carbocycles. The van der Waals surface area contributed by atoms with Crippen molar-refractivity contribution in [1.29, 1.82) is 0 Å². The maximum Gasteiger partial charge on any atom is 0.326 e. The highest BCUT2D eigenvalue weighted by molar-refractivity contribution is 5.83. The van der Waals surface area contributed by atoms with Gasteiger partial charge in [-0.1, -0.05) is 18.8 Å². The molecule has 0 bridgehead atoms. The standard InChI is InChI=1S/C15H22N2O3/c1-3-10-16(2)15(20)17-12-7-5-4-6-11(12)8-9-13(17)14(18)19/h1,11-13H,4-10H2,2H3,(H,18,19). The molecular weight excluding hydrogens is 256 g/mol. The molecule has 1 aliphatic heterocycles. The molecule has 5 heteroatoms. The number of carbonyl (C=O) groups is 2. The summed E-state index contributed by atoms with van der Waals surface area (Å²) in [6.45, 7) is 0.207. The van der Waals surface area contributed by atoms with E-state index in [1.54, 1.807) is 11.9 Å². The van der Waals surface area contributed by atoms with Gasteiger partial charge in [-0.25, -0.2) is 9.59 Å². The summed E-state index contributed by atoms with van der Waals surface area (Å²) in [6.07, 6.45) is 11.0. The van der Waals surface area contributed by atoms with Gasteiger partial charge in [-0.2, -0.15) is 0 Å². The molecule has 20 heavy (non-hydrogen) atoms. The quantitative estimate of drug-likeness (QED) is 0.783. The number of terminal acetylenes is 1. The van der Waals surface area contributed by atoms with Gasteiger partial charge in [0.15, 0.2) is 0 Å². The van der Waals surface area contributed by atoms with Crippen LogP contribution in [0.5, 0.6) is 0 Å². The number of aliphatic carboxylic acids is 1. The van der Waals surface area contributed by atoms with Gasteiger partial charge in [-0.15, -0.1) is 6.42 Å². The van der Waals surface area contributed by atoms with Crippen LogP contribution >= 0.6 is 0 Å². The van der Waals surface area contributed by atoms with Crippen molar-refractivity contribution in [2.75, 3.05) is 13.6 Å². The van der Waals surface area contributed by atoms with Crippen LogP contribution in [0.1, 0.15) is 38.5 Å². The predicted molar refractivity (Wildman–Crippen MR) is 75.1 cm³/mol. The average Bonchev–Trinajstić information content (AvgIpc) is 2.45. The third-order valence-electron chi connectivity index (χ3n) is 4.53. The summed E-state index contributed by atoms with van der Waals surface area (Å²) in [5, 5.41) is 9.41. The van der Waals surface area contributed by atoms with E-state index in [4.69, 9.17) is 6.42 Å². The lowest BCUT2D eigenvalue weighted by atomic mass is 9.76. The number of carbonyl (C=O) groups excluding carboxylic acids is 1. The van der Waals surface area contributed by atoms with Gasteiger partial charge in [0, 0.05) is 13.1 Å². The number of urea groups is 1. The van der Waals surface area contributed by atoms with E-state index >= 15 is 0 Å². The average molecular weight is 278 g/mol. The number of carboxylic acids is 1. The summed E-state index contributed by atoms with van der Waals surface area (Å²) in [4.78, 5) is 27.0. The maximum atomic E-state index is 12.6. The Hall–Kier alpha value is -1.70. The third-order valence-corrected chi connectivity index (χ3v) is 4.53. The van der Waals surface area contributed by atoms with Gasteiger partial charge in [0.1, 0.15) is 6.04 Å². The van der Waals surface area contributed by atoms with E-state index < -0.39 is 12.0 Å². The second-order valence-corrected chi connectivity index (χ2v) is 5.79. The minimum atomic E-state index is -0.906. The number of carboxylic acid groups (broad SMARTS) is 1. The highest BCUT2D eigenvalue weighted by atomic mass is 16.4. The lowest BCUT2D eigenvalue weighted by Crippen LogP contribution is -2.60. The van der Waals surface area contributed by atoms with Crippen LogP contribution in [0, 0.1) is 18.3 Å². The van der Waals surface area contributed by atoms with Crippen LogP contribution in [0.15, 0.2) is 0 Å². The lowest BCUT2D eigenvalue weighted by molar-refractivity contribution is -0.146. The minimum absolute atomic E-state index is 0.0614. The van der Waals surface area contributed by atoms with Crippen LogP contribution in [0.2, 0.25) is 0 Å². The van der Waals surface area contributed by atoms with Gasteiger partial charge >= 0.3 is 12.0 Å². The van der Waals surface area contributed by atoms with Crippen molar-refractivity contribution < 1.29 is 14.7 Å². The first-order valence-corrected chi connectivity index (χ1v) is 7.26. The van der Waals surface area contributed by atoms with Crippen LogP contribution in [-0.2, 0) is 4.79 Å². The normalized spacial score (nSPS) is 29.2. The first-order valence-electron chi connectivity index (χ1n) is 7.26. The van der Waals surface area contributed by atoms with Gasteiger partial charge in [0.05, 0.1) is 6.54 Å². The molecule has 1 N–H and O–H groups in total. The Bertz CT molecular complexity index is 429. The van der Waals surface area contributed by atoms with Crippen molar-refractivity contribution in [3.05, 3.63) is 0 Å². The highest BCUT2D eigenvalue weighted by Gasteiger charge is 2.44. The van der Waals surface area contributed by atoms with E-state index in [9.17, 15) is 14.7 Å². The fourth-order valence-corrected chi connectivity index (χ4v) is 3.55. The van der Waals surface area contributed by atoms with Crippen LogP contribution in [0.4, 0.5) is 4.79 Å². The molecule has 0 aromatic heterocycles. The van der Waals surface area contributed by atoms with Crippen molar-refractivity contribution in [2.24, 2.45) is 5.92 Å². The Labute approximate surface area is 119 Å². The Kier molecular flexibility index (Phi) is 4.53. The summed E-state index contributed by atoms with van der Waals surface area (Å²) in [5.74, 6) is 1.98. The first kappa shape index (κ1) is 14.7. The molecule has 0 radical (unpaired) electrons. The SMILES string of the molecule is C#CCN(C)C(=O)N1C(C(=O)O)CCC2CCCCC21. The molecule has 0 spiro atoms. The minimum Gasteiger partial charge on any atom is -0.480 e. The molecule has 110 valence electrons. The fraction of sp³-hybridized carbons (Fsp3) is 0.733. The van der Waals surface area contributed by atoms with Crippen LogP contribution in [0.25, 0.3) is 0 Å². The second kappa shape index (κ2) is 6.17. The summed E-state index contributed by atoms with van der Waals surface area (Å²) in [6, 6.07) is -0.889. The number of hydrogen-bond acceptors (Lipinski definition) is 2. The van der Waals surface area contributed by atoms with Crippen LogP contribution in [0.3, 0.4) is 0 Å². The van der Waals surface area contributed by atoms with E-state index in [2.05, 4.69) is 5.92 Å². The zero-order valence-corrected chi connectivity index (χ0v) is 11.9. The first-order chi connectivity index (χ1) is 9.56. The van der Waals surface area contributed by atoms with E-state index in [0.717, 1.165) is 25.7 Å². The number of piperidine rings is 1. The zero-order valence-electron chi connectivity index (χ0n) is 11.9. The summed E-state index contributed by atoms with van der Waals surface area (Å²) in [7, 11) is 1.63. The van der Waals surface area contributed by atoms with Gasteiger partial charge < -0.3 is 14.9 Å². The summed E-state index contributed by atoms with van der Waals surface area (Å²) >= 11 is 0. The van der Waals surface area contributed by atoms with Crippen molar-refractivity contribution in [2.45, 2.75) is 50.6 Å². The monoisotopic (exact) mass is 278 g/mol. The molecule has 1 heterocycles. The number of nitrogens with zero attached hydrogens (tertiary/aromatic N) is 2. The predicted octanol–water partition coefficient (Wildman–Crippen LogP) is 1.78. The Morgan fingerprint density at radius 1 is 1.30 bits per heavy atom. The number of amides is 2. The molecule has 3 unspecified atom stereocenters. The molecule has 1 saturated carbocycles. The Morgan fingerprint density at radius 3 is 2.65 bits per heavy atom. The van der Waals surface area contributed by atoms with Crippen molar-refractivity contribution in [3.63, 3.8) is 0 Å². The molecule has 1 aliphatic carbocycles. The lowest BCUT2D eigenvalue weighted by Gasteiger charge is -2.47. The van der Waals surface area contributed by atoms with Crippen molar-refractivity contribution in [1.82, 2.24) is 9.80 Å². The van der Waals surface area contributed by atoms with E-state index in [0.29, 0.717) is 12.3 Å². The third kappa shape index (κ3) is 2.74. The van der Waals surface area contributed by atoms with Gasteiger partial charge in [0.2, 0.25) is 0 Å². The van der Waals surface area contributed by atoms with E-state index in [1.165, 1.54) is 11.3 Å². The number of hydrogen-bond donors (Lipinski definition) is 1. The zero-order chi connectivity index (χ0) is 14.7. The van der Waals surface area contributed by atoms with Crippen LogP contribution in [-0.4, -0.2) is 52.6 Å². The van der Waals surface area contributed by atoms with Gasteiger partial charge in [-0.3, -0.25) is 0 Å². The fourth-order valence-electron chi connectivity index (χ4n) is 3.55. The smallest absolute Gasteiger partial charge is 0.326 e. The molecule has 5 nitrogen and oxygen atoms in total. The second-order valence-electron chi connectivity index (χ2n) is 5.79. The molecule has 2 amide bonds. The van der Waals surface area contributed by atoms with E-state index in [1.807, 2.05) is 0 Å². The van der Waals surface area contributed by atoms with Crippen LogP contribution < -0.4 is 0 Å². The molecular formula is C15H22N2O3. The molecule has 2 rings (SSSR count). The summed E-state index contributed by atoms with van der Waals surface area (Å²) < 4.78 is 0. The largest absolute Gasteiger partial charge is 0.480 e. The molecule has 2 aliphatic rings. The van der Waals surface area contributed by atoms with Crippen molar-refractivity contribution in [3.8, 4) is 12.3 Å². The number of fused-ring (bicyclic) bond motifs is 1. The Morgan fingerprint density at radius 2 is 2.00 bits per heavy atom. The topological polar surface area (TPSA) is 60.9 Å². The van der Waals surface area contributed by atoms with E-state index in [-0.39, 0.29) is 18.6 Å². The van der Waals surface area contributed by atoms with Gasteiger partial charge in [-0.05, 0) is 31.6 Å². The molecule has 2 fully saturated rings. The highest BCUT2D eigenvalue weighted by Crippen LogP contribution is 2.38. The van der Waals surface area contributed by atoms with Crippen molar-refractivity contribution >= 4 is 12.0 Å². The van der Waals surface area contributed by atoms with Gasteiger partial charge in [0.25, 0.3) is 0 Å². The number of likely N-dealkylation sites (tertiary alicyclic amines) is 1. The number of rotatable bonds is 2. The molecule has 0 aromatic rings. The molecule has 1 saturated heterocycles.